The third-order valence-electron chi connectivity index (χ3n) is 3.78. The molecule has 2 rings (SSSR count). The zero-order valence-corrected chi connectivity index (χ0v) is 14.7. The van der Waals surface area contributed by atoms with Gasteiger partial charge in [-0.05, 0) is 39.8 Å². The lowest BCUT2D eigenvalue weighted by Crippen LogP contribution is -2.37. The van der Waals surface area contributed by atoms with E-state index in [2.05, 4.69) is 5.32 Å². The Hall–Kier alpha value is -2.83. The fraction of sp³-hybridized carbons (Fsp3) is 0.389. The molecule has 0 unspecified atom stereocenters. The summed E-state index contributed by atoms with van der Waals surface area (Å²) < 4.78 is 15.3. The van der Waals surface area contributed by atoms with E-state index in [9.17, 15) is 14.4 Å². The van der Waals surface area contributed by atoms with Gasteiger partial charge in [-0.25, -0.2) is 9.59 Å². The summed E-state index contributed by atoms with van der Waals surface area (Å²) in [5, 5.41) is 2.96. The largest absolute Gasteiger partial charge is 0.463 e. The Morgan fingerprint density at radius 3 is 1.96 bits per heavy atom. The molecular weight excluding hydrogens is 326 g/mol. The normalized spacial score (nSPS) is 15.0. The van der Waals surface area contributed by atoms with Gasteiger partial charge in [0, 0.05) is 11.4 Å². The number of hydrogen-bond donors (Lipinski definition) is 1. The lowest BCUT2D eigenvalue weighted by atomic mass is 9.81. The van der Waals surface area contributed by atoms with Crippen LogP contribution < -0.4 is 5.32 Å². The fourth-order valence-electron chi connectivity index (χ4n) is 2.78. The molecular formula is C18H21NO6. The van der Waals surface area contributed by atoms with Crippen molar-refractivity contribution < 1.29 is 28.3 Å². The Balaban J connectivity index is 2.58. The van der Waals surface area contributed by atoms with Crippen molar-refractivity contribution in [3.63, 3.8) is 0 Å². The van der Waals surface area contributed by atoms with Gasteiger partial charge in [-0.15, -0.1) is 0 Å². The molecule has 0 spiro atoms. The van der Waals surface area contributed by atoms with Crippen LogP contribution in [0.4, 0.5) is 0 Å². The van der Waals surface area contributed by atoms with E-state index in [1.54, 1.807) is 33.8 Å². The molecule has 7 nitrogen and oxygen atoms in total. The van der Waals surface area contributed by atoms with Gasteiger partial charge in [0.2, 0.25) is 5.78 Å². The van der Waals surface area contributed by atoms with Crippen molar-refractivity contribution >= 4 is 17.7 Å². The minimum absolute atomic E-state index is 0.0519. The third kappa shape index (κ3) is 3.65. The zero-order chi connectivity index (χ0) is 18.6. The van der Waals surface area contributed by atoms with E-state index in [-0.39, 0.29) is 30.1 Å². The van der Waals surface area contributed by atoms with Crippen molar-refractivity contribution in [2.24, 2.45) is 5.92 Å². The monoisotopic (exact) mass is 347 g/mol. The highest BCUT2D eigenvalue weighted by atomic mass is 16.5. The van der Waals surface area contributed by atoms with Gasteiger partial charge in [-0.3, -0.25) is 4.79 Å². The predicted molar refractivity (Wildman–Crippen MR) is 88.3 cm³/mol. The van der Waals surface area contributed by atoms with Crippen LogP contribution in [-0.4, -0.2) is 30.9 Å². The number of ether oxygens (including phenoxy) is 2. The minimum atomic E-state index is -1.15. The van der Waals surface area contributed by atoms with Crippen LogP contribution >= 0.6 is 0 Å². The summed E-state index contributed by atoms with van der Waals surface area (Å²) in [6.07, 6.45) is 1.36. The van der Waals surface area contributed by atoms with Crippen LogP contribution in [0.1, 0.15) is 38.2 Å². The van der Waals surface area contributed by atoms with Gasteiger partial charge in [0.1, 0.15) is 0 Å². The molecule has 0 atom stereocenters. The first-order valence-corrected chi connectivity index (χ1v) is 8.02. The van der Waals surface area contributed by atoms with Gasteiger partial charge in [-0.2, -0.15) is 0 Å². The summed E-state index contributed by atoms with van der Waals surface area (Å²) in [5.41, 5.74) is 1.07. The highest BCUT2D eigenvalue weighted by Crippen LogP contribution is 2.34. The van der Waals surface area contributed by atoms with Crippen molar-refractivity contribution in [1.29, 1.82) is 0 Å². The number of carbonyl (C=O) groups is 3. The number of esters is 2. The van der Waals surface area contributed by atoms with Crippen molar-refractivity contribution in [2.75, 3.05) is 13.2 Å². The number of nitrogens with one attached hydrogen (secondary N) is 1. The Morgan fingerprint density at radius 1 is 1.04 bits per heavy atom. The molecule has 0 amide bonds. The SMILES string of the molecule is CCOC(=O)C1=C(C)NC(C)=C(C(=O)OCC)C1C(=O)c1ccco1. The molecule has 1 aromatic heterocycles. The summed E-state index contributed by atoms with van der Waals surface area (Å²) in [5.74, 6) is -2.92. The van der Waals surface area contributed by atoms with E-state index in [1.165, 1.54) is 12.3 Å². The minimum Gasteiger partial charge on any atom is -0.463 e. The maximum Gasteiger partial charge on any atom is 0.336 e. The molecule has 7 heteroatoms. The highest BCUT2D eigenvalue weighted by molar-refractivity contribution is 6.11. The summed E-state index contributed by atoms with van der Waals surface area (Å²) >= 11 is 0. The molecule has 0 radical (unpaired) electrons. The van der Waals surface area contributed by atoms with Crippen LogP contribution in [0.5, 0.6) is 0 Å². The van der Waals surface area contributed by atoms with Crippen LogP contribution in [0.3, 0.4) is 0 Å². The van der Waals surface area contributed by atoms with Crippen molar-refractivity contribution in [2.45, 2.75) is 27.7 Å². The van der Waals surface area contributed by atoms with Crippen LogP contribution in [0.15, 0.2) is 45.4 Å². The standard InChI is InChI=1S/C18H21NO6/c1-5-23-17(21)13-10(3)19-11(4)14(18(22)24-6-2)15(13)16(20)12-8-7-9-25-12/h7-9,15,19H,5-6H2,1-4H3. The quantitative estimate of drug-likeness (QED) is 0.623. The number of Topliss-reactive ketones (excluding diaryl/α,β-unsaturated/α-hetero) is 1. The molecule has 0 aromatic carbocycles. The van der Waals surface area contributed by atoms with Crippen molar-refractivity contribution in [1.82, 2.24) is 5.32 Å². The fourth-order valence-corrected chi connectivity index (χ4v) is 2.78. The predicted octanol–water partition coefficient (Wildman–Crippen LogP) is 2.36. The maximum atomic E-state index is 13.0. The number of ketones is 1. The molecule has 0 bridgehead atoms. The molecule has 1 aromatic rings. The maximum absolute atomic E-state index is 13.0. The van der Waals surface area contributed by atoms with Gasteiger partial charge in [-0.1, -0.05) is 0 Å². The van der Waals surface area contributed by atoms with Gasteiger partial charge < -0.3 is 19.2 Å². The first-order valence-electron chi connectivity index (χ1n) is 8.02. The van der Waals surface area contributed by atoms with E-state index in [0.717, 1.165) is 0 Å². The van der Waals surface area contributed by atoms with E-state index in [1.807, 2.05) is 0 Å². The average Bonchev–Trinajstić information content (AvgIpc) is 3.08. The van der Waals surface area contributed by atoms with E-state index >= 15 is 0 Å². The average molecular weight is 347 g/mol. The second-order valence-corrected chi connectivity index (χ2v) is 5.42. The number of dihydropyridines is 1. The molecule has 1 aliphatic rings. The number of carbonyl (C=O) groups excluding carboxylic acids is 3. The molecule has 134 valence electrons. The van der Waals surface area contributed by atoms with Gasteiger partial charge >= 0.3 is 11.9 Å². The number of allylic oxidation sites excluding steroid dienone is 2. The Morgan fingerprint density at radius 2 is 1.56 bits per heavy atom. The number of furan rings is 1. The Bertz CT molecular complexity index is 702. The molecule has 0 saturated heterocycles. The molecule has 2 heterocycles. The molecule has 1 aliphatic heterocycles. The lowest BCUT2D eigenvalue weighted by molar-refractivity contribution is -0.139. The van der Waals surface area contributed by atoms with E-state index in [4.69, 9.17) is 13.9 Å². The molecule has 0 saturated carbocycles. The first kappa shape index (κ1) is 18.5. The first-order chi connectivity index (χ1) is 11.9. The summed E-state index contributed by atoms with van der Waals surface area (Å²) in [4.78, 5) is 37.9. The second-order valence-electron chi connectivity index (χ2n) is 5.42. The van der Waals surface area contributed by atoms with Crippen molar-refractivity contribution in [3.05, 3.63) is 46.7 Å². The molecule has 1 N–H and O–H groups in total. The van der Waals surface area contributed by atoms with Gasteiger partial charge in [0.05, 0.1) is 36.5 Å². The number of rotatable bonds is 6. The Labute approximate surface area is 145 Å². The van der Waals surface area contributed by atoms with Gasteiger partial charge in [0.25, 0.3) is 0 Å². The van der Waals surface area contributed by atoms with E-state index in [0.29, 0.717) is 11.4 Å². The summed E-state index contributed by atoms with van der Waals surface area (Å²) in [6.45, 7) is 6.94. The topological polar surface area (TPSA) is 94.8 Å². The lowest BCUT2D eigenvalue weighted by Gasteiger charge is -2.28. The van der Waals surface area contributed by atoms with Crippen LogP contribution in [-0.2, 0) is 19.1 Å². The van der Waals surface area contributed by atoms with Crippen LogP contribution in [0.2, 0.25) is 0 Å². The smallest absolute Gasteiger partial charge is 0.336 e. The molecule has 0 aliphatic carbocycles. The summed E-state index contributed by atoms with van der Waals surface area (Å²) in [6, 6.07) is 3.05. The summed E-state index contributed by atoms with van der Waals surface area (Å²) in [7, 11) is 0. The van der Waals surface area contributed by atoms with Crippen LogP contribution in [0, 0.1) is 5.92 Å². The third-order valence-corrected chi connectivity index (χ3v) is 3.78. The molecule has 0 fully saturated rings. The number of hydrogen-bond acceptors (Lipinski definition) is 7. The van der Waals surface area contributed by atoms with Crippen LogP contribution in [0.25, 0.3) is 0 Å². The Kier molecular flexibility index (Phi) is 5.80. The van der Waals surface area contributed by atoms with E-state index < -0.39 is 23.6 Å². The second kappa shape index (κ2) is 7.83. The zero-order valence-electron chi connectivity index (χ0n) is 14.7. The van der Waals surface area contributed by atoms with Gasteiger partial charge in [0.15, 0.2) is 5.76 Å². The van der Waals surface area contributed by atoms with Crippen molar-refractivity contribution in [3.8, 4) is 0 Å². The highest BCUT2D eigenvalue weighted by Gasteiger charge is 2.42. The molecule has 25 heavy (non-hydrogen) atoms.